The Bertz CT molecular complexity index is 1700. The summed E-state index contributed by atoms with van der Waals surface area (Å²) in [7, 11) is -4.37. The molecule has 46 heavy (non-hydrogen) atoms. The molecule has 0 aliphatic rings. The second-order valence-electron chi connectivity index (χ2n) is 10.9. The Morgan fingerprint density at radius 2 is 1.50 bits per heavy atom. The van der Waals surface area contributed by atoms with Crippen LogP contribution >= 0.6 is 11.6 Å². The van der Waals surface area contributed by atoms with Gasteiger partial charge in [0, 0.05) is 24.0 Å². The third-order valence-electron chi connectivity index (χ3n) is 7.08. The van der Waals surface area contributed by atoms with E-state index in [2.05, 4.69) is 5.32 Å². The van der Waals surface area contributed by atoms with E-state index in [1.54, 1.807) is 36.4 Å². The molecule has 0 spiro atoms. The van der Waals surface area contributed by atoms with Crippen LogP contribution in [0.2, 0.25) is 5.02 Å². The second kappa shape index (κ2) is 15.7. The summed E-state index contributed by atoms with van der Waals surface area (Å²) < 4.78 is 48.4. The van der Waals surface area contributed by atoms with Crippen molar-refractivity contribution in [1.82, 2.24) is 10.2 Å². The van der Waals surface area contributed by atoms with Gasteiger partial charge in [-0.05, 0) is 92.6 Å². The molecule has 0 aromatic heterocycles. The predicted octanol–water partition coefficient (Wildman–Crippen LogP) is 6.24. The number of amides is 2. The molecule has 4 rings (SSSR count). The Balaban J connectivity index is 1.80. The number of nitrogens with one attached hydrogen (secondary N) is 1. The van der Waals surface area contributed by atoms with Gasteiger partial charge in [-0.2, -0.15) is 0 Å². The maximum Gasteiger partial charge on any atom is 0.264 e. The molecule has 2 amide bonds. The van der Waals surface area contributed by atoms with Gasteiger partial charge in [0.25, 0.3) is 10.0 Å². The first-order chi connectivity index (χ1) is 22.0. The summed E-state index contributed by atoms with van der Waals surface area (Å²) >= 11 is 6.12. The number of rotatable bonds is 14. The van der Waals surface area contributed by atoms with Gasteiger partial charge in [-0.3, -0.25) is 13.9 Å². The molecule has 8 nitrogen and oxygen atoms in total. The monoisotopic (exact) mass is 665 g/mol. The van der Waals surface area contributed by atoms with Crippen LogP contribution in [-0.4, -0.2) is 50.4 Å². The number of hydrogen-bond acceptors (Lipinski definition) is 5. The summed E-state index contributed by atoms with van der Waals surface area (Å²) in [5.74, 6) is -1.07. The number of sulfonamides is 1. The van der Waals surface area contributed by atoms with Gasteiger partial charge in [-0.25, -0.2) is 12.8 Å². The minimum Gasteiger partial charge on any atom is -0.494 e. The largest absolute Gasteiger partial charge is 0.494 e. The van der Waals surface area contributed by atoms with Crippen LogP contribution in [0.25, 0.3) is 0 Å². The molecule has 0 radical (unpaired) electrons. The number of nitrogens with zero attached hydrogens (tertiary/aromatic N) is 2. The van der Waals surface area contributed by atoms with Crippen molar-refractivity contribution in [2.75, 3.05) is 17.5 Å². The van der Waals surface area contributed by atoms with Crippen LogP contribution in [0.4, 0.5) is 10.1 Å². The molecule has 4 aromatic carbocycles. The normalized spacial score (nSPS) is 12.0. The van der Waals surface area contributed by atoms with E-state index in [1.807, 2.05) is 51.1 Å². The van der Waals surface area contributed by atoms with Crippen molar-refractivity contribution in [3.05, 3.63) is 125 Å². The van der Waals surface area contributed by atoms with Gasteiger partial charge < -0.3 is 15.0 Å². The van der Waals surface area contributed by atoms with Crippen LogP contribution in [0.3, 0.4) is 0 Å². The number of hydrogen-bond donors (Lipinski definition) is 1. The van der Waals surface area contributed by atoms with Crippen molar-refractivity contribution in [2.45, 2.75) is 50.7 Å². The van der Waals surface area contributed by atoms with Crippen molar-refractivity contribution < 1.29 is 27.1 Å². The van der Waals surface area contributed by atoms with E-state index in [4.69, 9.17) is 16.3 Å². The Morgan fingerprint density at radius 3 is 2.09 bits per heavy atom. The van der Waals surface area contributed by atoms with Gasteiger partial charge in [-0.1, -0.05) is 54.1 Å². The molecule has 0 heterocycles. The summed E-state index contributed by atoms with van der Waals surface area (Å²) in [4.78, 5) is 29.4. The van der Waals surface area contributed by atoms with Crippen molar-refractivity contribution in [2.24, 2.45) is 0 Å². The molecule has 0 fully saturated rings. The van der Waals surface area contributed by atoms with Crippen molar-refractivity contribution >= 4 is 39.1 Å². The lowest BCUT2D eigenvalue weighted by Crippen LogP contribution is -2.54. The standard InChI is InChI=1S/C35H37ClFN3O5S/c1-4-45-31-18-16-30(17-19-31)40(46(43,44)32-20-14-29(37)15-21-32)24-34(41)39(23-27-10-12-28(36)13-11-27)33(35(42)38-25(2)3)22-26-8-6-5-7-9-26/h5-21,25,33H,4,22-24H2,1-3H3,(H,38,42)/t33-/m1/s1. The highest BCUT2D eigenvalue weighted by atomic mass is 35.5. The molecule has 11 heteroatoms. The van der Waals surface area contributed by atoms with Crippen molar-refractivity contribution in [1.29, 1.82) is 0 Å². The van der Waals surface area contributed by atoms with Gasteiger partial charge in [-0.15, -0.1) is 0 Å². The van der Waals surface area contributed by atoms with Crippen LogP contribution in [0.1, 0.15) is 31.9 Å². The summed E-state index contributed by atoms with van der Waals surface area (Å²) in [5, 5.41) is 3.43. The number of ether oxygens (including phenoxy) is 1. The van der Waals surface area contributed by atoms with E-state index >= 15 is 0 Å². The Labute approximate surface area is 274 Å². The molecule has 1 atom stereocenters. The molecule has 0 bridgehead atoms. The fraction of sp³-hybridized carbons (Fsp3) is 0.257. The summed E-state index contributed by atoms with van der Waals surface area (Å²) in [6, 6.07) is 25.7. The lowest BCUT2D eigenvalue weighted by molar-refractivity contribution is -0.140. The van der Waals surface area contributed by atoms with E-state index < -0.39 is 34.3 Å². The Kier molecular flexibility index (Phi) is 11.8. The van der Waals surface area contributed by atoms with Crippen LogP contribution in [0, 0.1) is 5.82 Å². The molecule has 242 valence electrons. The Morgan fingerprint density at radius 1 is 0.870 bits per heavy atom. The number of benzene rings is 4. The smallest absolute Gasteiger partial charge is 0.264 e. The van der Waals surface area contributed by atoms with Gasteiger partial charge in [0.05, 0.1) is 17.2 Å². The molecule has 4 aromatic rings. The summed E-state index contributed by atoms with van der Waals surface area (Å²) in [5.41, 5.74) is 1.71. The number of carbonyl (C=O) groups excluding carboxylic acids is 2. The number of halogens is 2. The van der Waals surface area contributed by atoms with Crippen LogP contribution in [0.15, 0.2) is 108 Å². The number of anilines is 1. The maximum absolute atomic E-state index is 14.5. The second-order valence-corrected chi connectivity index (χ2v) is 13.2. The zero-order valence-electron chi connectivity index (χ0n) is 25.9. The molecule has 0 aliphatic heterocycles. The fourth-order valence-electron chi connectivity index (χ4n) is 4.86. The lowest BCUT2D eigenvalue weighted by atomic mass is 10.0. The average Bonchev–Trinajstić information content (AvgIpc) is 3.03. The van der Waals surface area contributed by atoms with Gasteiger partial charge in [0.2, 0.25) is 11.8 Å². The molecule has 0 unspecified atom stereocenters. The van der Waals surface area contributed by atoms with Crippen LogP contribution < -0.4 is 14.4 Å². The lowest BCUT2D eigenvalue weighted by Gasteiger charge is -2.34. The first-order valence-electron chi connectivity index (χ1n) is 14.9. The van der Waals surface area contributed by atoms with E-state index in [-0.39, 0.29) is 35.5 Å². The highest BCUT2D eigenvalue weighted by Crippen LogP contribution is 2.27. The van der Waals surface area contributed by atoms with Crippen molar-refractivity contribution in [3.8, 4) is 5.75 Å². The van der Waals surface area contributed by atoms with Crippen molar-refractivity contribution in [3.63, 3.8) is 0 Å². The van der Waals surface area contributed by atoms with Crippen LogP contribution in [-0.2, 0) is 32.6 Å². The first kappa shape index (κ1) is 34.5. The SMILES string of the molecule is CCOc1ccc(N(CC(=O)N(Cc2ccc(Cl)cc2)[C@H](Cc2ccccc2)C(=O)NC(C)C)S(=O)(=O)c2ccc(F)cc2)cc1. The van der Waals surface area contributed by atoms with E-state index in [1.165, 1.54) is 17.0 Å². The third kappa shape index (κ3) is 9.08. The highest BCUT2D eigenvalue weighted by molar-refractivity contribution is 7.92. The predicted molar refractivity (Wildman–Crippen MR) is 178 cm³/mol. The quantitative estimate of drug-likeness (QED) is 0.172. The molecule has 0 aliphatic carbocycles. The third-order valence-corrected chi connectivity index (χ3v) is 9.12. The number of carbonyl (C=O) groups is 2. The molecule has 0 saturated heterocycles. The topological polar surface area (TPSA) is 96.0 Å². The van der Waals surface area contributed by atoms with E-state index in [0.717, 1.165) is 34.1 Å². The molecule has 1 N–H and O–H groups in total. The zero-order valence-corrected chi connectivity index (χ0v) is 27.5. The van der Waals surface area contributed by atoms with Crippen LogP contribution in [0.5, 0.6) is 5.75 Å². The summed E-state index contributed by atoms with van der Waals surface area (Å²) in [6.07, 6.45) is 0.187. The fourth-order valence-corrected chi connectivity index (χ4v) is 6.40. The zero-order chi connectivity index (χ0) is 33.3. The average molecular weight is 666 g/mol. The summed E-state index contributed by atoms with van der Waals surface area (Å²) in [6.45, 7) is 5.26. The van der Waals surface area contributed by atoms with Gasteiger partial charge >= 0.3 is 0 Å². The Hall–Kier alpha value is -4.41. The molecular weight excluding hydrogens is 629 g/mol. The highest BCUT2D eigenvalue weighted by Gasteiger charge is 2.35. The van der Waals surface area contributed by atoms with E-state index in [0.29, 0.717) is 22.9 Å². The van der Waals surface area contributed by atoms with E-state index in [9.17, 15) is 22.4 Å². The molecular formula is C35H37ClFN3O5S. The minimum atomic E-state index is -4.37. The van der Waals surface area contributed by atoms with Gasteiger partial charge in [0.1, 0.15) is 24.2 Å². The van der Waals surface area contributed by atoms with Gasteiger partial charge in [0.15, 0.2) is 0 Å². The molecule has 0 saturated carbocycles. The first-order valence-corrected chi connectivity index (χ1v) is 16.7. The minimum absolute atomic E-state index is 0.00668. The maximum atomic E-state index is 14.5.